The van der Waals surface area contributed by atoms with Crippen LogP contribution in [0, 0.1) is 6.92 Å². The minimum Gasteiger partial charge on any atom is -0.439 e. The molecule has 0 saturated carbocycles. The van der Waals surface area contributed by atoms with Crippen molar-refractivity contribution in [3.05, 3.63) is 40.9 Å². The summed E-state index contributed by atoms with van der Waals surface area (Å²) >= 11 is 6.00. The lowest BCUT2D eigenvalue weighted by atomic mass is 10.1. The standard InChI is InChI=1S/C14H17ClN2O2/c1-10-7-11(3-4-12(10)15)13-8-17-14(19-13)9-16-5-6-18-2/h3-4,7-8,16H,5-6,9H2,1-2H3. The summed E-state index contributed by atoms with van der Waals surface area (Å²) in [4.78, 5) is 4.24. The van der Waals surface area contributed by atoms with Gasteiger partial charge in [-0.25, -0.2) is 4.98 Å². The average molecular weight is 281 g/mol. The molecule has 1 N–H and O–H groups in total. The number of oxazole rings is 1. The Hall–Kier alpha value is -1.36. The van der Waals surface area contributed by atoms with Crippen LogP contribution in [0.1, 0.15) is 11.5 Å². The number of benzene rings is 1. The van der Waals surface area contributed by atoms with Gasteiger partial charge in [-0.1, -0.05) is 11.6 Å². The van der Waals surface area contributed by atoms with Crippen molar-refractivity contribution < 1.29 is 9.15 Å². The van der Waals surface area contributed by atoms with Gasteiger partial charge >= 0.3 is 0 Å². The summed E-state index contributed by atoms with van der Waals surface area (Å²) < 4.78 is 10.6. The summed E-state index contributed by atoms with van der Waals surface area (Å²) in [6.07, 6.45) is 1.73. The van der Waals surface area contributed by atoms with E-state index in [1.54, 1.807) is 13.3 Å². The molecule has 0 fully saturated rings. The van der Waals surface area contributed by atoms with Crippen LogP contribution < -0.4 is 5.32 Å². The first-order chi connectivity index (χ1) is 9.20. The molecule has 0 bridgehead atoms. The maximum Gasteiger partial charge on any atom is 0.208 e. The molecular formula is C14H17ClN2O2. The van der Waals surface area contributed by atoms with E-state index in [1.807, 2.05) is 25.1 Å². The Morgan fingerprint density at radius 3 is 3.00 bits per heavy atom. The Morgan fingerprint density at radius 2 is 2.26 bits per heavy atom. The SMILES string of the molecule is COCCNCc1ncc(-c2ccc(Cl)c(C)c2)o1. The molecule has 2 aromatic rings. The maximum atomic E-state index is 6.00. The molecule has 1 aromatic carbocycles. The molecule has 1 heterocycles. The number of rotatable bonds is 6. The van der Waals surface area contributed by atoms with Crippen LogP contribution in [0.5, 0.6) is 0 Å². The lowest BCUT2D eigenvalue weighted by molar-refractivity contribution is 0.198. The van der Waals surface area contributed by atoms with Crippen LogP contribution in [0.3, 0.4) is 0 Å². The first-order valence-electron chi connectivity index (χ1n) is 6.11. The van der Waals surface area contributed by atoms with E-state index in [0.29, 0.717) is 19.0 Å². The second-order valence-corrected chi connectivity index (χ2v) is 4.66. The number of halogens is 1. The van der Waals surface area contributed by atoms with Gasteiger partial charge in [-0.3, -0.25) is 0 Å². The molecule has 0 saturated heterocycles. The van der Waals surface area contributed by atoms with Gasteiger partial charge in [0.1, 0.15) is 0 Å². The predicted octanol–water partition coefficient (Wildman–Crippen LogP) is 3.04. The number of hydrogen-bond donors (Lipinski definition) is 1. The molecule has 0 radical (unpaired) electrons. The molecule has 0 atom stereocenters. The maximum absolute atomic E-state index is 6.00. The van der Waals surface area contributed by atoms with Gasteiger partial charge in [0.05, 0.1) is 19.3 Å². The second-order valence-electron chi connectivity index (χ2n) is 4.25. The van der Waals surface area contributed by atoms with Gasteiger partial charge in [0, 0.05) is 24.2 Å². The fourth-order valence-corrected chi connectivity index (χ4v) is 1.81. The minimum absolute atomic E-state index is 0.593. The number of nitrogens with one attached hydrogen (secondary N) is 1. The molecule has 0 aliphatic rings. The van der Waals surface area contributed by atoms with E-state index in [-0.39, 0.29) is 0 Å². The quantitative estimate of drug-likeness (QED) is 0.826. The molecule has 102 valence electrons. The number of aromatic nitrogens is 1. The van der Waals surface area contributed by atoms with E-state index in [4.69, 9.17) is 20.8 Å². The molecule has 0 unspecified atom stereocenters. The normalized spacial score (nSPS) is 10.9. The van der Waals surface area contributed by atoms with Crippen LogP contribution in [-0.4, -0.2) is 25.2 Å². The van der Waals surface area contributed by atoms with E-state index < -0.39 is 0 Å². The Balaban J connectivity index is 2.01. The highest BCUT2D eigenvalue weighted by atomic mass is 35.5. The summed E-state index contributed by atoms with van der Waals surface area (Å²) in [7, 11) is 1.67. The first-order valence-corrected chi connectivity index (χ1v) is 6.49. The van der Waals surface area contributed by atoms with Crippen LogP contribution in [0.15, 0.2) is 28.8 Å². The Bertz CT molecular complexity index is 540. The monoisotopic (exact) mass is 280 g/mol. The third-order valence-corrected chi connectivity index (χ3v) is 3.18. The molecule has 0 amide bonds. The molecule has 1 aromatic heterocycles. The fourth-order valence-electron chi connectivity index (χ4n) is 1.69. The second kappa shape index (κ2) is 6.70. The van der Waals surface area contributed by atoms with Crippen molar-refractivity contribution >= 4 is 11.6 Å². The van der Waals surface area contributed by atoms with E-state index >= 15 is 0 Å². The van der Waals surface area contributed by atoms with Crippen molar-refractivity contribution in [1.29, 1.82) is 0 Å². The third-order valence-electron chi connectivity index (χ3n) is 2.76. The Labute approximate surface area is 117 Å². The van der Waals surface area contributed by atoms with Crippen LogP contribution in [0.25, 0.3) is 11.3 Å². The van der Waals surface area contributed by atoms with Crippen LogP contribution in [0.2, 0.25) is 5.02 Å². The summed E-state index contributed by atoms with van der Waals surface area (Å²) in [6, 6.07) is 5.79. The van der Waals surface area contributed by atoms with Gasteiger partial charge in [0.2, 0.25) is 5.89 Å². The smallest absolute Gasteiger partial charge is 0.208 e. The zero-order chi connectivity index (χ0) is 13.7. The van der Waals surface area contributed by atoms with Gasteiger partial charge in [0.25, 0.3) is 0 Å². The van der Waals surface area contributed by atoms with Crippen molar-refractivity contribution in [2.75, 3.05) is 20.3 Å². The number of nitrogens with zero attached hydrogens (tertiary/aromatic N) is 1. The van der Waals surface area contributed by atoms with E-state index in [9.17, 15) is 0 Å². The highest BCUT2D eigenvalue weighted by molar-refractivity contribution is 6.31. The van der Waals surface area contributed by atoms with Crippen molar-refractivity contribution in [3.8, 4) is 11.3 Å². The predicted molar refractivity (Wildman–Crippen MR) is 75.3 cm³/mol. The molecular weight excluding hydrogens is 264 g/mol. The summed E-state index contributed by atoms with van der Waals surface area (Å²) in [5, 5.41) is 3.94. The molecule has 2 rings (SSSR count). The average Bonchev–Trinajstić information content (AvgIpc) is 2.87. The van der Waals surface area contributed by atoms with Gasteiger partial charge in [-0.15, -0.1) is 0 Å². The number of methoxy groups -OCH3 is 1. The molecule has 0 spiro atoms. The summed E-state index contributed by atoms with van der Waals surface area (Å²) in [5.74, 6) is 1.42. The minimum atomic E-state index is 0.593. The molecule has 0 aliphatic heterocycles. The fraction of sp³-hybridized carbons (Fsp3) is 0.357. The zero-order valence-electron chi connectivity index (χ0n) is 11.1. The Morgan fingerprint density at radius 1 is 1.42 bits per heavy atom. The van der Waals surface area contributed by atoms with E-state index in [2.05, 4.69) is 10.3 Å². The molecule has 0 aliphatic carbocycles. The van der Waals surface area contributed by atoms with Crippen molar-refractivity contribution in [2.45, 2.75) is 13.5 Å². The van der Waals surface area contributed by atoms with Gasteiger partial charge in [-0.2, -0.15) is 0 Å². The van der Waals surface area contributed by atoms with Crippen molar-refractivity contribution in [1.82, 2.24) is 10.3 Å². The third kappa shape index (κ3) is 3.80. The molecule has 4 nitrogen and oxygen atoms in total. The van der Waals surface area contributed by atoms with Gasteiger partial charge < -0.3 is 14.5 Å². The van der Waals surface area contributed by atoms with Gasteiger partial charge in [-0.05, 0) is 30.7 Å². The van der Waals surface area contributed by atoms with Crippen LogP contribution in [0.4, 0.5) is 0 Å². The zero-order valence-corrected chi connectivity index (χ0v) is 11.8. The molecule has 5 heteroatoms. The number of hydrogen-bond acceptors (Lipinski definition) is 4. The molecule has 19 heavy (non-hydrogen) atoms. The van der Waals surface area contributed by atoms with Crippen molar-refractivity contribution in [2.24, 2.45) is 0 Å². The first kappa shape index (κ1) is 14.1. The topological polar surface area (TPSA) is 47.3 Å². The van der Waals surface area contributed by atoms with Gasteiger partial charge in [0.15, 0.2) is 5.76 Å². The lowest BCUT2D eigenvalue weighted by Gasteiger charge is -2.01. The Kier molecular flexibility index (Phi) is 4.96. The van der Waals surface area contributed by atoms with Crippen LogP contribution in [-0.2, 0) is 11.3 Å². The van der Waals surface area contributed by atoms with Crippen LogP contribution >= 0.6 is 11.6 Å². The number of ether oxygens (including phenoxy) is 1. The lowest BCUT2D eigenvalue weighted by Crippen LogP contribution is -2.18. The largest absolute Gasteiger partial charge is 0.439 e. The van der Waals surface area contributed by atoms with Crippen molar-refractivity contribution in [3.63, 3.8) is 0 Å². The highest BCUT2D eigenvalue weighted by Gasteiger charge is 2.07. The summed E-state index contributed by atoms with van der Waals surface area (Å²) in [5.41, 5.74) is 2.01. The van der Waals surface area contributed by atoms with E-state index in [0.717, 1.165) is 28.5 Å². The highest BCUT2D eigenvalue weighted by Crippen LogP contribution is 2.25. The summed E-state index contributed by atoms with van der Waals surface area (Å²) in [6.45, 7) is 4.00. The number of aryl methyl sites for hydroxylation is 1. The van der Waals surface area contributed by atoms with E-state index in [1.165, 1.54) is 0 Å².